The van der Waals surface area contributed by atoms with Crippen LogP contribution >= 0.6 is 15.9 Å². The molecule has 1 unspecified atom stereocenters. The molecule has 0 N–H and O–H groups in total. The highest BCUT2D eigenvalue weighted by atomic mass is 79.9. The first-order valence-corrected chi connectivity index (χ1v) is 4.59. The molecule has 70 valence electrons. The van der Waals surface area contributed by atoms with E-state index in [2.05, 4.69) is 15.9 Å². The molecule has 0 saturated heterocycles. The van der Waals surface area contributed by atoms with Crippen LogP contribution in [0.2, 0.25) is 0 Å². The first-order valence-electron chi connectivity index (χ1n) is 3.67. The maximum Gasteiger partial charge on any atom is 0.351 e. The fourth-order valence-electron chi connectivity index (χ4n) is 0.747. The summed E-state index contributed by atoms with van der Waals surface area (Å²) in [5.41, 5.74) is 0. The lowest BCUT2D eigenvalue weighted by Crippen LogP contribution is -2.21. The van der Waals surface area contributed by atoms with Crippen molar-refractivity contribution in [2.45, 2.75) is 5.01 Å². The van der Waals surface area contributed by atoms with Crippen LogP contribution < -0.4 is 4.74 Å². The Balaban J connectivity index is 2.55. The summed E-state index contributed by atoms with van der Waals surface area (Å²) < 4.78 is 9.68. The van der Waals surface area contributed by atoms with Crippen molar-refractivity contribution in [1.29, 1.82) is 0 Å². The molecule has 4 heteroatoms. The number of para-hydroxylation sites is 1. The Labute approximate surface area is 84.8 Å². The monoisotopic (exact) mass is 244 g/mol. The number of esters is 1. The van der Waals surface area contributed by atoms with Gasteiger partial charge in [-0.3, -0.25) is 0 Å². The van der Waals surface area contributed by atoms with Gasteiger partial charge in [0, 0.05) is 7.11 Å². The van der Waals surface area contributed by atoms with Crippen LogP contribution in [0.25, 0.3) is 0 Å². The number of rotatable bonds is 3. The molecule has 0 bridgehead atoms. The number of alkyl halides is 1. The quantitative estimate of drug-likeness (QED) is 0.464. The molecule has 3 nitrogen and oxygen atoms in total. The van der Waals surface area contributed by atoms with E-state index in [1.165, 1.54) is 7.11 Å². The van der Waals surface area contributed by atoms with E-state index in [0.717, 1.165) is 0 Å². The Hall–Kier alpha value is -0.870. The van der Waals surface area contributed by atoms with Gasteiger partial charge in [-0.2, -0.15) is 0 Å². The predicted molar refractivity (Wildman–Crippen MR) is 51.8 cm³/mol. The molecule has 0 heterocycles. The predicted octanol–water partition coefficient (Wildman–Crippen LogP) is 1.96. The standard InChI is InChI=1S/C9H9BrO3/c1-12-8(10)9(11)13-7-5-3-2-4-6-7/h2-6,8H,1H3. The molecule has 1 aromatic rings. The second kappa shape index (κ2) is 4.99. The summed E-state index contributed by atoms with van der Waals surface area (Å²) in [4.78, 5) is 11.1. The lowest BCUT2D eigenvalue weighted by Gasteiger charge is -2.07. The lowest BCUT2D eigenvalue weighted by molar-refractivity contribution is -0.140. The van der Waals surface area contributed by atoms with Gasteiger partial charge in [0.25, 0.3) is 0 Å². The summed E-state index contributed by atoms with van der Waals surface area (Å²) in [5, 5.41) is -0.715. The molecule has 0 amide bonds. The third kappa shape index (κ3) is 3.16. The van der Waals surface area contributed by atoms with Crippen LogP contribution in [0.4, 0.5) is 0 Å². The fourth-order valence-corrected chi connectivity index (χ4v) is 0.841. The van der Waals surface area contributed by atoms with E-state index in [1.54, 1.807) is 24.3 Å². The Morgan fingerprint density at radius 1 is 1.38 bits per heavy atom. The molecule has 1 rings (SSSR count). The minimum absolute atomic E-state index is 0.464. The van der Waals surface area contributed by atoms with E-state index in [1.807, 2.05) is 6.07 Å². The van der Waals surface area contributed by atoms with Gasteiger partial charge in [-0.05, 0) is 28.1 Å². The third-order valence-corrected chi connectivity index (χ3v) is 2.10. The maximum atomic E-state index is 11.1. The van der Waals surface area contributed by atoms with Crippen LogP contribution in [0.1, 0.15) is 0 Å². The number of carbonyl (C=O) groups is 1. The van der Waals surface area contributed by atoms with Crippen LogP contribution in [0.5, 0.6) is 5.75 Å². The molecule has 0 spiro atoms. The smallest absolute Gasteiger partial charge is 0.351 e. The molecule has 0 aliphatic carbocycles. The SMILES string of the molecule is COC(Br)C(=O)Oc1ccccc1. The Bertz CT molecular complexity index is 273. The molecule has 0 aliphatic heterocycles. The summed E-state index contributed by atoms with van der Waals surface area (Å²) >= 11 is 3.00. The molecule has 1 atom stereocenters. The number of benzene rings is 1. The zero-order valence-electron chi connectivity index (χ0n) is 7.07. The number of carbonyl (C=O) groups excluding carboxylic acids is 1. The van der Waals surface area contributed by atoms with Crippen molar-refractivity contribution in [3.63, 3.8) is 0 Å². The Morgan fingerprint density at radius 3 is 2.54 bits per heavy atom. The van der Waals surface area contributed by atoms with Gasteiger partial charge in [0.1, 0.15) is 5.75 Å². The summed E-state index contributed by atoms with van der Waals surface area (Å²) in [6.45, 7) is 0. The summed E-state index contributed by atoms with van der Waals surface area (Å²) in [6, 6.07) is 8.83. The molecular weight excluding hydrogens is 236 g/mol. The maximum absolute atomic E-state index is 11.1. The highest BCUT2D eigenvalue weighted by Crippen LogP contribution is 2.11. The van der Waals surface area contributed by atoms with Crippen molar-refractivity contribution in [1.82, 2.24) is 0 Å². The van der Waals surface area contributed by atoms with Gasteiger partial charge >= 0.3 is 5.97 Å². The van der Waals surface area contributed by atoms with Crippen LogP contribution in [0.15, 0.2) is 30.3 Å². The molecule has 0 saturated carbocycles. The average molecular weight is 245 g/mol. The highest BCUT2D eigenvalue weighted by Gasteiger charge is 2.15. The average Bonchev–Trinajstić information content (AvgIpc) is 2.18. The van der Waals surface area contributed by atoms with E-state index in [4.69, 9.17) is 9.47 Å². The number of halogens is 1. The van der Waals surface area contributed by atoms with E-state index < -0.39 is 11.0 Å². The van der Waals surface area contributed by atoms with Crippen molar-refractivity contribution in [3.8, 4) is 5.75 Å². The zero-order chi connectivity index (χ0) is 9.68. The normalized spacial score (nSPS) is 12.2. The summed E-state index contributed by atoms with van der Waals surface area (Å²) in [6.07, 6.45) is 0. The zero-order valence-corrected chi connectivity index (χ0v) is 8.65. The van der Waals surface area contributed by atoms with Gasteiger partial charge in [-0.15, -0.1) is 0 Å². The van der Waals surface area contributed by atoms with Crippen molar-refractivity contribution in [2.75, 3.05) is 7.11 Å². The van der Waals surface area contributed by atoms with Crippen LogP contribution in [0, 0.1) is 0 Å². The van der Waals surface area contributed by atoms with Gasteiger partial charge in [0.05, 0.1) is 0 Å². The van der Waals surface area contributed by atoms with E-state index >= 15 is 0 Å². The van der Waals surface area contributed by atoms with Crippen molar-refractivity contribution >= 4 is 21.9 Å². The molecule has 13 heavy (non-hydrogen) atoms. The number of methoxy groups -OCH3 is 1. The van der Waals surface area contributed by atoms with E-state index in [9.17, 15) is 4.79 Å². The van der Waals surface area contributed by atoms with Gasteiger partial charge in [0.2, 0.25) is 5.01 Å². The van der Waals surface area contributed by atoms with Gasteiger partial charge in [-0.25, -0.2) is 4.79 Å². The lowest BCUT2D eigenvalue weighted by atomic mass is 10.3. The Morgan fingerprint density at radius 2 is 2.00 bits per heavy atom. The van der Waals surface area contributed by atoms with Crippen LogP contribution in [0.3, 0.4) is 0 Å². The van der Waals surface area contributed by atoms with Crippen molar-refractivity contribution in [3.05, 3.63) is 30.3 Å². The molecule has 0 radical (unpaired) electrons. The van der Waals surface area contributed by atoms with Gasteiger partial charge in [0.15, 0.2) is 0 Å². The first-order chi connectivity index (χ1) is 6.24. The highest BCUT2D eigenvalue weighted by molar-refractivity contribution is 9.09. The second-order valence-electron chi connectivity index (χ2n) is 2.29. The topological polar surface area (TPSA) is 35.5 Å². The minimum atomic E-state index is -0.715. The van der Waals surface area contributed by atoms with Crippen LogP contribution in [-0.2, 0) is 9.53 Å². The number of hydrogen-bond donors (Lipinski definition) is 0. The van der Waals surface area contributed by atoms with Gasteiger partial charge in [-0.1, -0.05) is 18.2 Å². The van der Waals surface area contributed by atoms with Crippen molar-refractivity contribution in [2.24, 2.45) is 0 Å². The van der Waals surface area contributed by atoms with Gasteiger partial charge < -0.3 is 9.47 Å². The second-order valence-corrected chi connectivity index (χ2v) is 3.12. The molecule has 0 fully saturated rings. The first kappa shape index (κ1) is 10.2. The summed E-state index contributed by atoms with van der Waals surface area (Å²) in [5.74, 6) is 0.0442. The van der Waals surface area contributed by atoms with Crippen LogP contribution in [-0.4, -0.2) is 18.1 Å². The largest absolute Gasteiger partial charge is 0.424 e. The Kier molecular flexibility index (Phi) is 3.92. The molecular formula is C9H9BrO3. The van der Waals surface area contributed by atoms with E-state index in [0.29, 0.717) is 5.75 Å². The minimum Gasteiger partial charge on any atom is -0.424 e. The number of hydrogen-bond acceptors (Lipinski definition) is 3. The summed E-state index contributed by atoms with van der Waals surface area (Å²) in [7, 11) is 1.42. The third-order valence-electron chi connectivity index (χ3n) is 1.35. The molecule has 0 aliphatic rings. The van der Waals surface area contributed by atoms with E-state index in [-0.39, 0.29) is 0 Å². The molecule has 1 aromatic carbocycles. The fraction of sp³-hybridized carbons (Fsp3) is 0.222. The number of ether oxygens (including phenoxy) is 2. The van der Waals surface area contributed by atoms with Crippen molar-refractivity contribution < 1.29 is 14.3 Å². The molecule has 0 aromatic heterocycles.